The van der Waals surface area contributed by atoms with Crippen molar-refractivity contribution in [2.45, 2.75) is 33.1 Å². The maximum atomic E-state index is 12.6. The number of nitrogens with one attached hydrogen (secondary N) is 3. The summed E-state index contributed by atoms with van der Waals surface area (Å²) in [5, 5.41) is 8.65. The summed E-state index contributed by atoms with van der Waals surface area (Å²) < 4.78 is 0. The van der Waals surface area contributed by atoms with Crippen LogP contribution in [0.4, 0.5) is 11.4 Å². The summed E-state index contributed by atoms with van der Waals surface area (Å²) in [6.45, 7) is 8.41. The molecule has 0 spiro atoms. The molecule has 0 unspecified atom stereocenters. The second kappa shape index (κ2) is 10.9. The van der Waals surface area contributed by atoms with Crippen LogP contribution in [0.1, 0.15) is 47.8 Å². The van der Waals surface area contributed by atoms with Gasteiger partial charge in [-0.3, -0.25) is 14.9 Å². The Hall–Kier alpha value is -3.77. The fraction of sp³-hybridized carbons (Fsp3) is 0.179. The van der Waals surface area contributed by atoms with Crippen LogP contribution >= 0.6 is 12.2 Å². The summed E-state index contributed by atoms with van der Waals surface area (Å²) in [6.07, 6.45) is 3.15. The number of carbonyl (C=O) groups excluding carboxylic acids is 2. The highest BCUT2D eigenvalue weighted by atomic mass is 32.1. The van der Waals surface area contributed by atoms with E-state index in [4.69, 9.17) is 12.2 Å². The molecule has 0 aliphatic heterocycles. The molecule has 3 aromatic rings. The van der Waals surface area contributed by atoms with E-state index in [0.29, 0.717) is 16.9 Å². The van der Waals surface area contributed by atoms with Crippen molar-refractivity contribution < 1.29 is 9.59 Å². The molecule has 0 saturated carbocycles. The molecular formula is C28H29N3O2S. The van der Waals surface area contributed by atoms with Gasteiger partial charge in [-0.2, -0.15) is 0 Å². The number of aryl methyl sites for hydroxylation is 1. The van der Waals surface area contributed by atoms with Gasteiger partial charge in [0.15, 0.2) is 5.11 Å². The molecule has 3 aromatic carbocycles. The van der Waals surface area contributed by atoms with E-state index < -0.39 is 0 Å². The Kier molecular flexibility index (Phi) is 7.97. The number of hydrogen-bond acceptors (Lipinski definition) is 3. The Bertz CT molecular complexity index is 1210. The molecule has 6 heteroatoms. The van der Waals surface area contributed by atoms with Gasteiger partial charge in [-0.05, 0) is 72.1 Å². The van der Waals surface area contributed by atoms with E-state index in [1.165, 1.54) is 11.6 Å². The molecule has 0 bridgehead atoms. The normalized spacial score (nSPS) is 11.2. The van der Waals surface area contributed by atoms with E-state index in [0.717, 1.165) is 11.1 Å². The van der Waals surface area contributed by atoms with Crippen molar-refractivity contribution in [3.8, 4) is 0 Å². The van der Waals surface area contributed by atoms with Crippen molar-refractivity contribution in [2.24, 2.45) is 0 Å². The largest absolute Gasteiger partial charge is 0.332 e. The molecule has 0 saturated heterocycles. The molecule has 0 aliphatic carbocycles. The first kappa shape index (κ1) is 24.9. The van der Waals surface area contributed by atoms with Gasteiger partial charge in [-0.1, -0.05) is 68.8 Å². The molecule has 34 heavy (non-hydrogen) atoms. The molecular weight excluding hydrogens is 442 g/mol. The molecule has 0 atom stereocenters. The average Bonchev–Trinajstić information content (AvgIpc) is 2.78. The lowest BCUT2D eigenvalue weighted by atomic mass is 9.87. The Morgan fingerprint density at radius 3 is 2.09 bits per heavy atom. The average molecular weight is 472 g/mol. The third-order valence-corrected chi connectivity index (χ3v) is 5.34. The Balaban J connectivity index is 1.56. The number of thiocarbonyl (C=S) groups is 1. The predicted octanol–water partition coefficient (Wildman–Crippen LogP) is 6.07. The summed E-state index contributed by atoms with van der Waals surface area (Å²) >= 11 is 5.25. The van der Waals surface area contributed by atoms with Gasteiger partial charge in [0.05, 0.1) is 0 Å². The van der Waals surface area contributed by atoms with Gasteiger partial charge in [-0.25, -0.2) is 0 Å². The first-order chi connectivity index (χ1) is 16.1. The number of anilines is 2. The highest BCUT2D eigenvalue weighted by Gasteiger charge is 2.14. The van der Waals surface area contributed by atoms with Crippen LogP contribution in [-0.2, 0) is 10.2 Å². The standard InChI is InChI=1S/C28H29N3O2S/c1-19-8-10-20(11-9-19)12-17-25(32)31-27(34)30-24-7-5-6-23(18-24)29-26(33)21-13-15-22(16-14-21)28(2,3)4/h5-18H,1-4H3,(H,29,33)(H2,30,31,32,34)/b17-12+. The van der Waals surface area contributed by atoms with E-state index in [2.05, 4.69) is 36.7 Å². The minimum absolute atomic E-state index is 0.0271. The van der Waals surface area contributed by atoms with Crippen molar-refractivity contribution in [1.82, 2.24) is 5.32 Å². The first-order valence-corrected chi connectivity index (χ1v) is 11.4. The van der Waals surface area contributed by atoms with E-state index in [9.17, 15) is 9.59 Å². The topological polar surface area (TPSA) is 70.2 Å². The van der Waals surface area contributed by atoms with Gasteiger partial charge in [0, 0.05) is 23.0 Å². The van der Waals surface area contributed by atoms with E-state index >= 15 is 0 Å². The summed E-state index contributed by atoms with van der Waals surface area (Å²) in [4.78, 5) is 24.8. The van der Waals surface area contributed by atoms with Crippen LogP contribution in [0.3, 0.4) is 0 Å². The molecule has 0 aromatic heterocycles. The Morgan fingerprint density at radius 1 is 0.853 bits per heavy atom. The molecule has 0 heterocycles. The molecule has 0 aliphatic rings. The minimum atomic E-state index is -0.332. The van der Waals surface area contributed by atoms with Crippen molar-refractivity contribution in [2.75, 3.05) is 10.6 Å². The number of amides is 2. The second-order valence-corrected chi connectivity index (χ2v) is 9.46. The van der Waals surface area contributed by atoms with Gasteiger partial charge < -0.3 is 10.6 Å². The predicted molar refractivity (Wildman–Crippen MR) is 144 cm³/mol. The van der Waals surface area contributed by atoms with Crippen molar-refractivity contribution in [3.05, 3.63) is 101 Å². The van der Waals surface area contributed by atoms with Gasteiger partial charge >= 0.3 is 0 Å². The SMILES string of the molecule is Cc1ccc(/C=C/C(=O)NC(=S)Nc2cccc(NC(=O)c3ccc(C(C)(C)C)cc3)c2)cc1. The highest BCUT2D eigenvalue weighted by Crippen LogP contribution is 2.23. The molecule has 3 rings (SSSR count). The van der Waals surface area contributed by atoms with Crippen LogP contribution < -0.4 is 16.0 Å². The third-order valence-electron chi connectivity index (χ3n) is 5.13. The first-order valence-electron chi connectivity index (χ1n) is 11.0. The lowest BCUT2D eigenvalue weighted by Crippen LogP contribution is -2.32. The number of rotatable bonds is 5. The second-order valence-electron chi connectivity index (χ2n) is 9.05. The summed E-state index contributed by atoms with van der Waals surface area (Å²) in [6, 6.07) is 22.6. The maximum absolute atomic E-state index is 12.6. The smallest absolute Gasteiger partial charge is 0.255 e. The molecule has 2 amide bonds. The van der Waals surface area contributed by atoms with Crippen LogP contribution in [0.5, 0.6) is 0 Å². The summed E-state index contributed by atoms with van der Waals surface area (Å²) in [5.41, 5.74) is 5.12. The van der Waals surface area contributed by atoms with Crippen molar-refractivity contribution in [1.29, 1.82) is 0 Å². The van der Waals surface area contributed by atoms with Crippen molar-refractivity contribution in [3.63, 3.8) is 0 Å². The van der Waals surface area contributed by atoms with Gasteiger partial charge in [0.25, 0.3) is 5.91 Å². The van der Waals surface area contributed by atoms with E-state index in [-0.39, 0.29) is 22.3 Å². The van der Waals surface area contributed by atoms with Crippen LogP contribution in [0, 0.1) is 6.92 Å². The number of carbonyl (C=O) groups is 2. The molecule has 174 valence electrons. The van der Waals surface area contributed by atoms with Gasteiger partial charge in [0.1, 0.15) is 0 Å². The lowest BCUT2D eigenvalue weighted by molar-refractivity contribution is -0.115. The molecule has 5 nitrogen and oxygen atoms in total. The minimum Gasteiger partial charge on any atom is -0.332 e. The van der Waals surface area contributed by atoms with Crippen LogP contribution in [-0.4, -0.2) is 16.9 Å². The van der Waals surface area contributed by atoms with Gasteiger partial charge in [0.2, 0.25) is 5.91 Å². The Morgan fingerprint density at radius 2 is 1.47 bits per heavy atom. The van der Waals surface area contributed by atoms with E-state index in [1.807, 2.05) is 55.5 Å². The van der Waals surface area contributed by atoms with Crippen LogP contribution in [0.2, 0.25) is 0 Å². The number of hydrogen-bond donors (Lipinski definition) is 3. The zero-order valence-corrected chi connectivity index (χ0v) is 20.6. The Labute approximate surface area is 206 Å². The van der Waals surface area contributed by atoms with Crippen LogP contribution in [0.25, 0.3) is 6.08 Å². The maximum Gasteiger partial charge on any atom is 0.255 e. The third kappa shape index (κ3) is 7.39. The molecule has 0 fully saturated rings. The zero-order chi connectivity index (χ0) is 24.7. The molecule has 0 radical (unpaired) electrons. The zero-order valence-electron chi connectivity index (χ0n) is 19.8. The quantitative estimate of drug-likeness (QED) is 0.312. The summed E-state index contributed by atoms with van der Waals surface area (Å²) in [7, 11) is 0. The highest BCUT2D eigenvalue weighted by molar-refractivity contribution is 7.80. The summed E-state index contributed by atoms with van der Waals surface area (Å²) in [5.74, 6) is -0.532. The fourth-order valence-electron chi connectivity index (χ4n) is 3.16. The van der Waals surface area contributed by atoms with Gasteiger partial charge in [-0.15, -0.1) is 0 Å². The number of benzene rings is 3. The van der Waals surface area contributed by atoms with E-state index in [1.54, 1.807) is 30.3 Å². The monoisotopic (exact) mass is 471 g/mol. The fourth-order valence-corrected chi connectivity index (χ4v) is 3.38. The van der Waals surface area contributed by atoms with Crippen LogP contribution in [0.15, 0.2) is 78.9 Å². The van der Waals surface area contributed by atoms with Crippen molar-refractivity contribution >= 4 is 46.6 Å². The molecule has 3 N–H and O–H groups in total. The lowest BCUT2D eigenvalue weighted by Gasteiger charge is -2.19.